The Morgan fingerprint density at radius 1 is 1.35 bits per heavy atom. The molecule has 3 nitrogen and oxygen atoms in total. The van der Waals surface area contributed by atoms with Crippen molar-refractivity contribution in [3.05, 3.63) is 21.9 Å². The highest BCUT2D eigenvalue weighted by Gasteiger charge is 2.42. The van der Waals surface area contributed by atoms with Gasteiger partial charge in [-0.05, 0) is 49.8 Å². The van der Waals surface area contributed by atoms with Gasteiger partial charge in [0.1, 0.15) is 6.17 Å². The lowest BCUT2D eigenvalue weighted by Gasteiger charge is -2.34. The smallest absolute Gasteiger partial charge is 0.241 e. The van der Waals surface area contributed by atoms with Gasteiger partial charge in [-0.1, -0.05) is 6.92 Å². The van der Waals surface area contributed by atoms with E-state index in [1.807, 2.05) is 11.8 Å². The van der Waals surface area contributed by atoms with Crippen LogP contribution in [0.2, 0.25) is 0 Å². The van der Waals surface area contributed by atoms with Gasteiger partial charge in [0.2, 0.25) is 5.91 Å². The number of amides is 1. The quantitative estimate of drug-likeness (QED) is 0.931. The van der Waals surface area contributed by atoms with Crippen LogP contribution in [0.25, 0.3) is 0 Å². The molecule has 5 heteroatoms. The van der Waals surface area contributed by atoms with Crippen LogP contribution in [0.4, 0.5) is 0 Å². The molecule has 110 valence electrons. The summed E-state index contributed by atoms with van der Waals surface area (Å²) in [5.74, 6) is 2.67. The number of rotatable bonds is 3. The zero-order valence-corrected chi connectivity index (χ0v) is 13.7. The molecule has 2 fully saturated rings. The van der Waals surface area contributed by atoms with Gasteiger partial charge in [0.05, 0.1) is 6.04 Å². The maximum absolute atomic E-state index is 12.7. The zero-order chi connectivity index (χ0) is 14.1. The summed E-state index contributed by atoms with van der Waals surface area (Å²) in [5.41, 5.74) is 0. The van der Waals surface area contributed by atoms with Crippen LogP contribution in [-0.2, 0) is 4.79 Å². The fourth-order valence-corrected chi connectivity index (χ4v) is 5.13. The fraction of sp³-hybridized carbons (Fsp3) is 0.667. The summed E-state index contributed by atoms with van der Waals surface area (Å²) in [6.07, 6.45) is 3.24. The molecule has 2 atom stereocenters. The Morgan fingerprint density at radius 2 is 2.10 bits per heavy atom. The number of thioether (sulfide) groups is 1. The fourth-order valence-electron chi connectivity index (χ4n) is 3.12. The van der Waals surface area contributed by atoms with Gasteiger partial charge in [-0.25, -0.2) is 0 Å². The number of hydrogen-bond acceptors (Lipinski definition) is 4. The Balaban J connectivity index is 1.87. The van der Waals surface area contributed by atoms with Crippen molar-refractivity contribution in [2.45, 2.75) is 51.4 Å². The lowest BCUT2D eigenvalue weighted by atomic mass is 10.1. The van der Waals surface area contributed by atoms with E-state index in [0.717, 1.165) is 19.3 Å². The topological polar surface area (TPSA) is 32.3 Å². The van der Waals surface area contributed by atoms with Crippen LogP contribution in [0.5, 0.6) is 0 Å². The minimum Gasteiger partial charge on any atom is -0.318 e. The highest BCUT2D eigenvalue weighted by atomic mass is 32.2. The van der Waals surface area contributed by atoms with E-state index in [1.165, 1.54) is 21.3 Å². The highest BCUT2D eigenvalue weighted by Crippen LogP contribution is 2.36. The van der Waals surface area contributed by atoms with Crippen molar-refractivity contribution in [3.8, 4) is 0 Å². The molecular formula is C15H22N2OS2. The lowest BCUT2D eigenvalue weighted by molar-refractivity contribution is -0.132. The number of nitrogens with zero attached hydrogens (tertiary/aromatic N) is 1. The van der Waals surface area contributed by atoms with Gasteiger partial charge in [0.15, 0.2) is 0 Å². The minimum absolute atomic E-state index is 0.00279. The molecule has 0 aliphatic carbocycles. The van der Waals surface area contributed by atoms with Gasteiger partial charge in [-0.3, -0.25) is 10.1 Å². The summed E-state index contributed by atoms with van der Waals surface area (Å²) in [5, 5.41) is 3.55. The van der Waals surface area contributed by atoms with Gasteiger partial charge < -0.3 is 4.90 Å². The Bertz CT molecular complexity index is 482. The Morgan fingerprint density at radius 3 is 2.70 bits per heavy atom. The first-order valence-corrected chi connectivity index (χ1v) is 9.40. The van der Waals surface area contributed by atoms with E-state index in [1.54, 1.807) is 11.3 Å². The number of thiophene rings is 1. The summed E-state index contributed by atoms with van der Waals surface area (Å²) in [6, 6.07) is 4.74. The molecule has 3 rings (SSSR count). The lowest BCUT2D eigenvalue weighted by Crippen LogP contribution is -2.42. The van der Waals surface area contributed by atoms with Crippen LogP contribution in [-0.4, -0.2) is 34.4 Å². The predicted octanol–water partition coefficient (Wildman–Crippen LogP) is 3.16. The molecule has 0 aromatic carbocycles. The summed E-state index contributed by atoms with van der Waals surface area (Å²) in [7, 11) is 0. The van der Waals surface area contributed by atoms with Gasteiger partial charge in [0, 0.05) is 15.8 Å². The normalized spacial score (nSPS) is 28.3. The molecule has 2 aliphatic rings. The highest BCUT2D eigenvalue weighted by molar-refractivity contribution is 7.99. The van der Waals surface area contributed by atoms with Crippen LogP contribution in [0.3, 0.4) is 0 Å². The third kappa shape index (κ3) is 2.63. The van der Waals surface area contributed by atoms with Crippen molar-refractivity contribution in [2.75, 3.05) is 11.5 Å². The molecular weight excluding hydrogens is 288 g/mol. The second kappa shape index (κ2) is 6.08. The van der Waals surface area contributed by atoms with E-state index in [0.29, 0.717) is 11.9 Å². The van der Waals surface area contributed by atoms with Crippen LogP contribution in [0, 0.1) is 6.92 Å². The summed E-state index contributed by atoms with van der Waals surface area (Å²) in [4.78, 5) is 17.4. The second-order valence-corrected chi connectivity index (χ2v) is 8.11. The van der Waals surface area contributed by atoms with Gasteiger partial charge >= 0.3 is 0 Å². The second-order valence-electron chi connectivity index (χ2n) is 5.57. The molecule has 1 amide bonds. The first-order valence-electron chi connectivity index (χ1n) is 7.43. The molecule has 2 saturated heterocycles. The predicted molar refractivity (Wildman–Crippen MR) is 86.2 cm³/mol. The third-order valence-corrected chi connectivity index (χ3v) is 6.31. The molecule has 20 heavy (non-hydrogen) atoms. The molecule has 3 heterocycles. The van der Waals surface area contributed by atoms with E-state index in [4.69, 9.17) is 0 Å². The number of aryl methyl sites for hydroxylation is 1. The van der Waals surface area contributed by atoms with Crippen molar-refractivity contribution in [1.82, 2.24) is 10.2 Å². The number of carbonyl (C=O) groups excluding carboxylic acids is 1. The minimum atomic E-state index is -0.00279. The molecule has 0 saturated carbocycles. The maximum Gasteiger partial charge on any atom is 0.241 e. The van der Waals surface area contributed by atoms with E-state index in [9.17, 15) is 4.79 Å². The molecule has 0 bridgehead atoms. The monoisotopic (exact) mass is 310 g/mol. The summed E-state index contributed by atoms with van der Waals surface area (Å²) < 4.78 is 0. The third-order valence-electron chi connectivity index (χ3n) is 4.21. The van der Waals surface area contributed by atoms with E-state index < -0.39 is 0 Å². The summed E-state index contributed by atoms with van der Waals surface area (Å²) >= 11 is 3.82. The number of carbonyl (C=O) groups is 1. The van der Waals surface area contributed by atoms with Crippen LogP contribution in [0.15, 0.2) is 12.1 Å². The molecule has 1 aromatic heterocycles. The Kier molecular flexibility index (Phi) is 4.38. The average Bonchev–Trinajstić information content (AvgIpc) is 3.03. The molecule has 1 N–H and O–H groups in total. The standard InChI is InChI=1S/C15H22N2OS2/c1-3-12-15(18)17(11-6-8-19-9-7-11)14(16-12)13-5-4-10(2)20-13/h4-5,11-12,14,16H,3,6-9H2,1-2H3. The van der Waals surface area contributed by atoms with Crippen LogP contribution < -0.4 is 5.32 Å². The van der Waals surface area contributed by atoms with E-state index >= 15 is 0 Å². The van der Waals surface area contributed by atoms with Gasteiger partial charge in [-0.2, -0.15) is 11.8 Å². The molecule has 0 radical (unpaired) electrons. The Hall–Kier alpha value is -0.520. The van der Waals surface area contributed by atoms with Crippen molar-refractivity contribution < 1.29 is 4.79 Å². The van der Waals surface area contributed by atoms with E-state index in [2.05, 4.69) is 36.2 Å². The average molecular weight is 310 g/mol. The van der Waals surface area contributed by atoms with Crippen molar-refractivity contribution in [3.63, 3.8) is 0 Å². The molecule has 1 aromatic rings. The molecule has 0 spiro atoms. The van der Waals surface area contributed by atoms with Gasteiger partial charge in [-0.15, -0.1) is 11.3 Å². The Labute approximate surface area is 129 Å². The maximum atomic E-state index is 12.7. The number of hydrogen-bond donors (Lipinski definition) is 1. The van der Waals surface area contributed by atoms with Crippen LogP contribution in [0.1, 0.15) is 42.1 Å². The number of nitrogens with one attached hydrogen (secondary N) is 1. The van der Waals surface area contributed by atoms with Crippen molar-refractivity contribution >= 4 is 29.0 Å². The van der Waals surface area contributed by atoms with Crippen LogP contribution >= 0.6 is 23.1 Å². The van der Waals surface area contributed by atoms with Crippen molar-refractivity contribution in [2.24, 2.45) is 0 Å². The molecule has 2 unspecified atom stereocenters. The zero-order valence-electron chi connectivity index (χ0n) is 12.1. The first-order chi connectivity index (χ1) is 9.70. The largest absolute Gasteiger partial charge is 0.318 e. The van der Waals surface area contributed by atoms with Crippen molar-refractivity contribution in [1.29, 1.82) is 0 Å². The first kappa shape index (κ1) is 14.4. The SMILES string of the molecule is CCC1NC(c2ccc(C)s2)N(C2CCSCC2)C1=O. The van der Waals surface area contributed by atoms with Gasteiger partial charge in [0.25, 0.3) is 0 Å². The molecule has 2 aliphatic heterocycles. The summed E-state index contributed by atoms with van der Waals surface area (Å²) in [6.45, 7) is 4.22. The van der Waals surface area contributed by atoms with E-state index in [-0.39, 0.29) is 12.2 Å².